The van der Waals surface area contributed by atoms with Crippen molar-refractivity contribution in [1.29, 1.82) is 0 Å². The molecule has 0 aliphatic heterocycles. The van der Waals surface area contributed by atoms with Gasteiger partial charge in [-0.15, -0.1) is 0 Å². The molecule has 20 heavy (non-hydrogen) atoms. The van der Waals surface area contributed by atoms with E-state index in [1.807, 2.05) is 34.6 Å². The van der Waals surface area contributed by atoms with Crippen LogP contribution in [0.15, 0.2) is 18.3 Å². The molecule has 3 N–H and O–H groups in total. The highest BCUT2D eigenvalue weighted by atomic mass is 16.6. The first-order chi connectivity index (χ1) is 9.07. The third-order valence-corrected chi connectivity index (χ3v) is 2.20. The van der Waals surface area contributed by atoms with Gasteiger partial charge in [-0.05, 0) is 46.8 Å². The molecule has 0 saturated carbocycles. The number of nitrogen functional groups attached to an aromatic ring is 1. The van der Waals surface area contributed by atoms with E-state index in [4.69, 9.17) is 15.2 Å². The maximum Gasteiger partial charge on any atom is 0.408 e. The maximum absolute atomic E-state index is 11.7. The van der Waals surface area contributed by atoms with Crippen molar-refractivity contribution >= 4 is 11.9 Å². The van der Waals surface area contributed by atoms with Gasteiger partial charge in [0, 0.05) is 0 Å². The molecule has 0 fully saturated rings. The van der Waals surface area contributed by atoms with Crippen LogP contribution in [-0.4, -0.2) is 28.8 Å². The Hall–Kier alpha value is -1.98. The standard InChI is InChI=1S/C14H23N3O3/c1-13(2,3)20-12(18)17-14(4,5)9-19-10-6-7-11(15)16-8-10/h6-8H,9H2,1-5H3,(H2,15,16)(H,17,18). The highest BCUT2D eigenvalue weighted by molar-refractivity contribution is 5.68. The number of carbonyl (C=O) groups excluding carboxylic acids is 1. The Balaban J connectivity index is 2.48. The van der Waals surface area contributed by atoms with E-state index in [0.29, 0.717) is 11.6 Å². The summed E-state index contributed by atoms with van der Waals surface area (Å²) in [6.07, 6.45) is 1.07. The van der Waals surface area contributed by atoms with E-state index < -0.39 is 17.2 Å². The zero-order valence-corrected chi connectivity index (χ0v) is 12.7. The second-order valence-corrected chi connectivity index (χ2v) is 6.22. The average Bonchev–Trinajstić information content (AvgIpc) is 2.24. The lowest BCUT2D eigenvalue weighted by Crippen LogP contribution is -2.49. The number of nitrogens with two attached hydrogens (primary N) is 1. The maximum atomic E-state index is 11.7. The first-order valence-electron chi connectivity index (χ1n) is 6.43. The number of hydrogen-bond acceptors (Lipinski definition) is 5. The summed E-state index contributed by atoms with van der Waals surface area (Å²) in [7, 11) is 0. The van der Waals surface area contributed by atoms with Gasteiger partial charge in [0.15, 0.2) is 0 Å². The molecule has 1 amide bonds. The van der Waals surface area contributed by atoms with Crippen molar-refractivity contribution in [3.8, 4) is 5.75 Å². The minimum absolute atomic E-state index is 0.290. The molecule has 0 saturated heterocycles. The van der Waals surface area contributed by atoms with E-state index in [0.717, 1.165) is 0 Å². The number of nitrogens with zero attached hydrogens (tertiary/aromatic N) is 1. The van der Waals surface area contributed by atoms with Gasteiger partial charge >= 0.3 is 6.09 Å². The number of anilines is 1. The highest BCUT2D eigenvalue weighted by Crippen LogP contribution is 2.14. The fraction of sp³-hybridized carbons (Fsp3) is 0.571. The number of amides is 1. The van der Waals surface area contributed by atoms with Crippen molar-refractivity contribution in [3.05, 3.63) is 18.3 Å². The molecule has 1 aromatic rings. The van der Waals surface area contributed by atoms with Crippen molar-refractivity contribution in [2.45, 2.75) is 45.8 Å². The summed E-state index contributed by atoms with van der Waals surface area (Å²) < 4.78 is 10.8. The smallest absolute Gasteiger partial charge is 0.408 e. The SMILES string of the molecule is CC(C)(COc1ccc(N)nc1)NC(=O)OC(C)(C)C. The predicted octanol–water partition coefficient (Wildman–Crippen LogP) is 2.35. The van der Waals surface area contributed by atoms with Crippen molar-refractivity contribution < 1.29 is 14.3 Å². The monoisotopic (exact) mass is 281 g/mol. The molecule has 112 valence electrons. The van der Waals surface area contributed by atoms with Crippen LogP contribution < -0.4 is 15.8 Å². The Morgan fingerprint density at radius 3 is 2.45 bits per heavy atom. The van der Waals surface area contributed by atoms with E-state index in [1.165, 1.54) is 0 Å². The van der Waals surface area contributed by atoms with Crippen LogP contribution in [0.3, 0.4) is 0 Å². The van der Waals surface area contributed by atoms with Crippen LogP contribution in [0, 0.1) is 0 Å². The number of pyridine rings is 1. The van der Waals surface area contributed by atoms with Gasteiger partial charge < -0.3 is 20.5 Å². The fourth-order valence-electron chi connectivity index (χ4n) is 1.36. The van der Waals surface area contributed by atoms with Crippen molar-refractivity contribution in [2.75, 3.05) is 12.3 Å². The van der Waals surface area contributed by atoms with Gasteiger partial charge in [0.05, 0.1) is 11.7 Å². The molecule has 6 heteroatoms. The highest BCUT2D eigenvalue weighted by Gasteiger charge is 2.25. The van der Waals surface area contributed by atoms with E-state index >= 15 is 0 Å². The summed E-state index contributed by atoms with van der Waals surface area (Å²) in [5.74, 6) is 1.03. The summed E-state index contributed by atoms with van der Waals surface area (Å²) >= 11 is 0. The predicted molar refractivity (Wildman–Crippen MR) is 77.6 cm³/mol. The summed E-state index contributed by atoms with van der Waals surface area (Å²) in [6, 6.07) is 3.38. The summed E-state index contributed by atoms with van der Waals surface area (Å²) in [5.41, 5.74) is 4.40. The molecule has 0 unspecified atom stereocenters. The van der Waals surface area contributed by atoms with Crippen LogP contribution in [0.2, 0.25) is 0 Å². The van der Waals surface area contributed by atoms with Gasteiger partial charge in [0.25, 0.3) is 0 Å². The van der Waals surface area contributed by atoms with Gasteiger partial charge in [-0.1, -0.05) is 0 Å². The molecule has 0 aromatic carbocycles. The topological polar surface area (TPSA) is 86.5 Å². The minimum Gasteiger partial charge on any atom is -0.490 e. The zero-order valence-electron chi connectivity index (χ0n) is 12.7. The van der Waals surface area contributed by atoms with Crippen LogP contribution in [0.5, 0.6) is 5.75 Å². The summed E-state index contributed by atoms with van der Waals surface area (Å²) in [4.78, 5) is 15.6. The number of aromatic nitrogens is 1. The van der Waals surface area contributed by atoms with Crippen LogP contribution in [0.25, 0.3) is 0 Å². The first-order valence-corrected chi connectivity index (χ1v) is 6.43. The third-order valence-electron chi connectivity index (χ3n) is 2.20. The van der Waals surface area contributed by atoms with Crippen LogP contribution >= 0.6 is 0 Å². The average molecular weight is 281 g/mol. The van der Waals surface area contributed by atoms with Gasteiger partial charge in [0.1, 0.15) is 23.8 Å². The Kier molecular flexibility index (Phi) is 4.81. The number of ether oxygens (including phenoxy) is 2. The lowest BCUT2D eigenvalue weighted by Gasteiger charge is -2.28. The van der Waals surface area contributed by atoms with Gasteiger partial charge in [-0.2, -0.15) is 0 Å². The molecule has 1 aromatic heterocycles. The molecule has 0 aliphatic rings. The van der Waals surface area contributed by atoms with Crippen LogP contribution in [0.4, 0.5) is 10.6 Å². The second kappa shape index (κ2) is 5.98. The molecule has 0 atom stereocenters. The fourth-order valence-corrected chi connectivity index (χ4v) is 1.36. The molecule has 6 nitrogen and oxygen atoms in total. The summed E-state index contributed by atoms with van der Waals surface area (Å²) in [5, 5.41) is 2.76. The lowest BCUT2D eigenvalue weighted by atomic mass is 10.1. The van der Waals surface area contributed by atoms with Gasteiger partial charge in [-0.25, -0.2) is 9.78 Å². The van der Waals surface area contributed by atoms with Gasteiger partial charge in [0.2, 0.25) is 0 Å². The first kappa shape index (κ1) is 16.1. The largest absolute Gasteiger partial charge is 0.490 e. The van der Waals surface area contributed by atoms with E-state index in [2.05, 4.69) is 10.3 Å². The number of rotatable bonds is 4. The Morgan fingerprint density at radius 2 is 1.95 bits per heavy atom. The number of alkyl carbamates (subject to hydrolysis) is 1. The van der Waals surface area contributed by atoms with Gasteiger partial charge in [-0.3, -0.25) is 0 Å². The Bertz CT molecular complexity index is 450. The molecule has 0 spiro atoms. The summed E-state index contributed by atoms with van der Waals surface area (Å²) in [6.45, 7) is 9.43. The van der Waals surface area contributed by atoms with E-state index in [1.54, 1.807) is 18.3 Å². The van der Waals surface area contributed by atoms with E-state index in [9.17, 15) is 4.79 Å². The van der Waals surface area contributed by atoms with Crippen molar-refractivity contribution in [2.24, 2.45) is 0 Å². The van der Waals surface area contributed by atoms with E-state index in [-0.39, 0.29) is 6.61 Å². The Morgan fingerprint density at radius 1 is 1.30 bits per heavy atom. The van der Waals surface area contributed by atoms with Crippen LogP contribution in [0.1, 0.15) is 34.6 Å². The molecule has 1 rings (SSSR count). The number of hydrogen-bond donors (Lipinski definition) is 2. The molecular formula is C14H23N3O3. The molecular weight excluding hydrogens is 258 g/mol. The molecule has 0 aliphatic carbocycles. The second-order valence-electron chi connectivity index (χ2n) is 6.22. The molecule has 0 radical (unpaired) electrons. The van der Waals surface area contributed by atoms with Crippen LogP contribution in [-0.2, 0) is 4.74 Å². The number of nitrogens with one attached hydrogen (secondary N) is 1. The zero-order chi connectivity index (χ0) is 15.4. The quantitative estimate of drug-likeness (QED) is 0.884. The van der Waals surface area contributed by atoms with Crippen molar-refractivity contribution in [1.82, 2.24) is 10.3 Å². The number of carbonyl (C=O) groups is 1. The normalized spacial score (nSPS) is 11.8. The lowest BCUT2D eigenvalue weighted by molar-refractivity contribution is 0.0441. The van der Waals surface area contributed by atoms with Crippen molar-refractivity contribution in [3.63, 3.8) is 0 Å². The third kappa shape index (κ3) is 6.26. The minimum atomic E-state index is -0.566. The molecule has 1 heterocycles. The molecule has 0 bridgehead atoms. The Labute approximate surface area is 119 Å².